The number of nitrogens with two attached hydrogens (primary N) is 1. The molecular formula is C10H20ClNO. The summed E-state index contributed by atoms with van der Waals surface area (Å²) in [5.74, 6) is 6.00. The van der Waals surface area contributed by atoms with Gasteiger partial charge < -0.3 is 10.8 Å². The Morgan fingerprint density at radius 2 is 2.00 bits per heavy atom. The van der Waals surface area contributed by atoms with E-state index >= 15 is 0 Å². The van der Waals surface area contributed by atoms with Crippen LogP contribution >= 0.6 is 12.4 Å². The zero-order chi connectivity index (χ0) is 9.23. The molecule has 3 heteroatoms. The van der Waals surface area contributed by atoms with Crippen LogP contribution in [0.4, 0.5) is 0 Å². The van der Waals surface area contributed by atoms with Crippen LogP contribution in [0.25, 0.3) is 0 Å². The van der Waals surface area contributed by atoms with Crippen molar-refractivity contribution in [1.29, 1.82) is 0 Å². The lowest BCUT2D eigenvalue weighted by molar-refractivity contribution is 0.267. The standard InChI is InChI=1S/C10H19NO.ClH/c1-2-3-4-5-6-7-8-10(11)9-12;/h10,12H,2-5,8-9,11H2,1H3;1H. The van der Waals surface area contributed by atoms with E-state index in [1.165, 1.54) is 19.3 Å². The zero-order valence-corrected chi connectivity index (χ0v) is 9.07. The average Bonchev–Trinajstić information content (AvgIpc) is 2.10. The second-order valence-electron chi connectivity index (χ2n) is 2.96. The van der Waals surface area contributed by atoms with Crippen molar-refractivity contribution >= 4 is 12.4 Å². The number of aliphatic hydroxyl groups is 1. The summed E-state index contributed by atoms with van der Waals surface area (Å²) in [7, 11) is 0. The van der Waals surface area contributed by atoms with Gasteiger partial charge in [0.25, 0.3) is 0 Å². The zero-order valence-electron chi connectivity index (χ0n) is 8.25. The molecule has 0 bridgehead atoms. The monoisotopic (exact) mass is 205 g/mol. The third-order valence-corrected chi connectivity index (χ3v) is 1.63. The molecule has 13 heavy (non-hydrogen) atoms. The lowest BCUT2D eigenvalue weighted by atomic mass is 10.2. The van der Waals surface area contributed by atoms with Crippen molar-refractivity contribution in [2.24, 2.45) is 5.73 Å². The van der Waals surface area contributed by atoms with Crippen molar-refractivity contribution in [2.75, 3.05) is 6.61 Å². The van der Waals surface area contributed by atoms with E-state index in [2.05, 4.69) is 18.8 Å². The Morgan fingerprint density at radius 1 is 1.31 bits per heavy atom. The first kappa shape index (κ1) is 15.3. The molecule has 0 rings (SSSR count). The van der Waals surface area contributed by atoms with Gasteiger partial charge in [0, 0.05) is 18.9 Å². The van der Waals surface area contributed by atoms with Crippen LogP contribution in [0.1, 0.15) is 39.0 Å². The van der Waals surface area contributed by atoms with Crippen LogP contribution in [0.2, 0.25) is 0 Å². The van der Waals surface area contributed by atoms with Gasteiger partial charge >= 0.3 is 0 Å². The lowest BCUT2D eigenvalue weighted by Crippen LogP contribution is -2.23. The highest BCUT2D eigenvalue weighted by Crippen LogP contribution is 1.96. The number of unbranched alkanes of at least 4 members (excludes halogenated alkanes) is 3. The summed E-state index contributed by atoms with van der Waals surface area (Å²) in [6.45, 7) is 2.21. The van der Waals surface area contributed by atoms with Crippen molar-refractivity contribution in [1.82, 2.24) is 0 Å². The average molecular weight is 206 g/mol. The number of halogens is 1. The summed E-state index contributed by atoms with van der Waals surface area (Å²) in [4.78, 5) is 0. The molecule has 1 unspecified atom stereocenters. The molecule has 0 radical (unpaired) electrons. The summed E-state index contributed by atoms with van der Waals surface area (Å²) < 4.78 is 0. The van der Waals surface area contributed by atoms with Gasteiger partial charge in [0.15, 0.2) is 0 Å². The van der Waals surface area contributed by atoms with E-state index in [-0.39, 0.29) is 25.1 Å². The summed E-state index contributed by atoms with van der Waals surface area (Å²) in [6.07, 6.45) is 5.24. The molecule has 0 heterocycles. The molecular weight excluding hydrogens is 186 g/mol. The first-order valence-electron chi connectivity index (χ1n) is 4.63. The second-order valence-corrected chi connectivity index (χ2v) is 2.96. The van der Waals surface area contributed by atoms with E-state index in [1.54, 1.807) is 0 Å². The molecule has 0 fully saturated rings. The van der Waals surface area contributed by atoms with Gasteiger partial charge in [0.2, 0.25) is 0 Å². The predicted molar refractivity (Wildman–Crippen MR) is 58.8 cm³/mol. The molecule has 0 saturated carbocycles. The quantitative estimate of drug-likeness (QED) is 0.530. The van der Waals surface area contributed by atoms with E-state index in [1.807, 2.05) is 0 Å². The van der Waals surface area contributed by atoms with E-state index < -0.39 is 0 Å². The molecule has 0 saturated heterocycles. The topological polar surface area (TPSA) is 46.2 Å². The maximum atomic E-state index is 8.58. The maximum Gasteiger partial charge on any atom is 0.0591 e. The Kier molecular flexibility index (Phi) is 13.8. The highest BCUT2D eigenvalue weighted by atomic mass is 35.5. The predicted octanol–water partition coefficient (Wildman–Crippen LogP) is 1.70. The van der Waals surface area contributed by atoms with Crippen LogP contribution in [-0.4, -0.2) is 17.8 Å². The number of rotatable bonds is 5. The highest BCUT2D eigenvalue weighted by Gasteiger charge is 1.93. The van der Waals surface area contributed by atoms with Crippen molar-refractivity contribution in [3.05, 3.63) is 0 Å². The number of hydrogen-bond donors (Lipinski definition) is 2. The third kappa shape index (κ3) is 11.8. The molecule has 78 valence electrons. The first-order valence-corrected chi connectivity index (χ1v) is 4.63. The van der Waals surface area contributed by atoms with Gasteiger partial charge in [-0.05, 0) is 6.42 Å². The van der Waals surface area contributed by atoms with Gasteiger partial charge in [0.1, 0.15) is 0 Å². The van der Waals surface area contributed by atoms with Crippen molar-refractivity contribution in [3.63, 3.8) is 0 Å². The van der Waals surface area contributed by atoms with Crippen LogP contribution in [0.15, 0.2) is 0 Å². The molecule has 0 amide bonds. The SMILES string of the molecule is CCCCCC#CCC(N)CO.Cl. The van der Waals surface area contributed by atoms with Crippen LogP contribution in [0.3, 0.4) is 0 Å². The molecule has 1 atom stereocenters. The summed E-state index contributed by atoms with van der Waals surface area (Å²) >= 11 is 0. The summed E-state index contributed by atoms with van der Waals surface area (Å²) in [5, 5.41) is 8.58. The normalized spacial score (nSPS) is 11.0. The fraction of sp³-hybridized carbons (Fsp3) is 0.800. The van der Waals surface area contributed by atoms with Gasteiger partial charge in [-0.2, -0.15) is 0 Å². The Labute approximate surface area is 87.3 Å². The molecule has 0 spiro atoms. The summed E-state index contributed by atoms with van der Waals surface area (Å²) in [6, 6.07) is -0.163. The molecule has 0 aliphatic carbocycles. The maximum absolute atomic E-state index is 8.58. The van der Waals surface area contributed by atoms with Crippen LogP contribution < -0.4 is 5.73 Å². The molecule has 0 aliphatic rings. The minimum Gasteiger partial charge on any atom is -0.395 e. The largest absolute Gasteiger partial charge is 0.395 e. The highest BCUT2D eigenvalue weighted by molar-refractivity contribution is 5.85. The Bertz CT molecular complexity index is 151. The fourth-order valence-corrected chi connectivity index (χ4v) is 0.820. The molecule has 3 N–H and O–H groups in total. The van der Waals surface area contributed by atoms with Gasteiger partial charge in [-0.3, -0.25) is 0 Å². The molecule has 0 aromatic carbocycles. The molecule has 0 aromatic heterocycles. The Morgan fingerprint density at radius 3 is 2.54 bits per heavy atom. The van der Waals surface area contributed by atoms with Crippen LogP contribution in [0.5, 0.6) is 0 Å². The Balaban J connectivity index is 0. The number of hydrogen-bond acceptors (Lipinski definition) is 2. The van der Waals surface area contributed by atoms with E-state index in [0.29, 0.717) is 6.42 Å². The molecule has 2 nitrogen and oxygen atoms in total. The van der Waals surface area contributed by atoms with Gasteiger partial charge in [0.05, 0.1) is 6.61 Å². The van der Waals surface area contributed by atoms with Gasteiger partial charge in [-0.15, -0.1) is 24.2 Å². The van der Waals surface area contributed by atoms with Gasteiger partial charge in [-0.25, -0.2) is 0 Å². The van der Waals surface area contributed by atoms with Crippen molar-refractivity contribution in [2.45, 2.75) is 45.1 Å². The van der Waals surface area contributed by atoms with E-state index in [9.17, 15) is 0 Å². The fourth-order valence-electron chi connectivity index (χ4n) is 0.820. The Hall–Kier alpha value is -0.230. The smallest absolute Gasteiger partial charge is 0.0591 e. The lowest BCUT2D eigenvalue weighted by Gasteiger charge is -1.99. The van der Waals surface area contributed by atoms with E-state index in [4.69, 9.17) is 10.8 Å². The third-order valence-electron chi connectivity index (χ3n) is 1.63. The minimum atomic E-state index is -0.163. The van der Waals surface area contributed by atoms with E-state index in [0.717, 1.165) is 6.42 Å². The van der Waals surface area contributed by atoms with Crippen LogP contribution in [0, 0.1) is 11.8 Å². The molecule has 0 aliphatic heterocycles. The van der Waals surface area contributed by atoms with Crippen LogP contribution in [-0.2, 0) is 0 Å². The summed E-state index contributed by atoms with van der Waals surface area (Å²) in [5.41, 5.74) is 5.46. The number of aliphatic hydroxyl groups excluding tert-OH is 1. The van der Waals surface area contributed by atoms with Crippen molar-refractivity contribution < 1.29 is 5.11 Å². The minimum absolute atomic E-state index is 0. The van der Waals surface area contributed by atoms with Crippen molar-refractivity contribution in [3.8, 4) is 11.8 Å². The first-order chi connectivity index (χ1) is 5.81. The molecule has 0 aromatic rings. The van der Waals surface area contributed by atoms with Gasteiger partial charge in [-0.1, -0.05) is 19.8 Å². The second kappa shape index (κ2) is 11.8.